The van der Waals surface area contributed by atoms with E-state index in [1.54, 1.807) is 38.1 Å². The number of rotatable bonds is 2. The van der Waals surface area contributed by atoms with E-state index in [0.29, 0.717) is 10.9 Å². The zero-order chi connectivity index (χ0) is 14.7. The number of hydrogen-bond donors (Lipinski definition) is 1. The van der Waals surface area contributed by atoms with Gasteiger partial charge < -0.3 is 4.74 Å². The SMILES string of the molecule is CCOC(=O)C(=O)Nn1c(C)nc2ccccc2c1=O. The third kappa shape index (κ3) is 2.51. The van der Waals surface area contributed by atoms with Crippen LogP contribution in [0.4, 0.5) is 0 Å². The lowest BCUT2D eigenvalue weighted by molar-refractivity contribution is -0.152. The fourth-order valence-corrected chi connectivity index (χ4v) is 1.72. The van der Waals surface area contributed by atoms with Crippen molar-refractivity contribution in [2.75, 3.05) is 12.0 Å². The Morgan fingerprint density at radius 2 is 2.05 bits per heavy atom. The first-order valence-electron chi connectivity index (χ1n) is 6.01. The molecule has 0 saturated carbocycles. The number of benzene rings is 1. The van der Waals surface area contributed by atoms with Crippen LogP contribution in [-0.4, -0.2) is 28.1 Å². The van der Waals surface area contributed by atoms with Crippen molar-refractivity contribution < 1.29 is 14.3 Å². The van der Waals surface area contributed by atoms with E-state index in [-0.39, 0.29) is 12.4 Å². The highest BCUT2D eigenvalue weighted by Crippen LogP contribution is 2.06. The van der Waals surface area contributed by atoms with Crippen LogP contribution in [0.1, 0.15) is 12.7 Å². The number of para-hydroxylation sites is 1. The van der Waals surface area contributed by atoms with E-state index in [4.69, 9.17) is 0 Å². The van der Waals surface area contributed by atoms with Gasteiger partial charge >= 0.3 is 11.9 Å². The van der Waals surface area contributed by atoms with Crippen LogP contribution in [0.2, 0.25) is 0 Å². The van der Waals surface area contributed by atoms with Crippen LogP contribution in [0.5, 0.6) is 0 Å². The zero-order valence-electron chi connectivity index (χ0n) is 11.0. The maximum Gasteiger partial charge on any atom is 0.398 e. The predicted molar refractivity (Wildman–Crippen MR) is 71.7 cm³/mol. The Labute approximate surface area is 114 Å². The van der Waals surface area contributed by atoms with E-state index in [9.17, 15) is 14.4 Å². The normalized spacial score (nSPS) is 10.3. The molecule has 0 fully saturated rings. The van der Waals surface area contributed by atoms with Crippen LogP contribution >= 0.6 is 0 Å². The van der Waals surface area contributed by atoms with Crippen LogP contribution in [0.3, 0.4) is 0 Å². The smallest absolute Gasteiger partial charge is 0.398 e. The first-order valence-corrected chi connectivity index (χ1v) is 6.01. The van der Waals surface area contributed by atoms with E-state index >= 15 is 0 Å². The lowest BCUT2D eigenvalue weighted by Gasteiger charge is -2.11. The van der Waals surface area contributed by atoms with Gasteiger partial charge in [0.1, 0.15) is 5.82 Å². The molecule has 0 aliphatic heterocycles. The molecule has 0 aliphatic carbocycles. The number of nitrogens with one attached hydrogen (secondary N) is 1. The lowest BCUT2D eigenvalue weighted by atomic mass is 10.2. The Hall–Kier alpha value is -2.70. The molecule has 1 N–H and O–H groups in total. The molecule has 0 atom stereocenters. The highest BCUT2D eigenvalue weighted by molar-refractivity contribution is 6.35. The maximum atomic E-state index is 12.2. The van der Waals surface area contributed by atoms with Gasteiger partial charge in [0.25, 0.3) is 5.56 Å². The molecule has 1 aromatic carbocycles. The number of carbonyl (C=O) groups is 2. The van der Waals surface area contributed by atoms with Gasteiger partial charge in [-0.15, -0.1) is 0 Å². The summed E-state index contributed by atoms with van der Waals surface area (Å²) in [5, 5.41) is 0.349. The minimum atomic E-state index is -1.05. The van der Waals surface area contributed by atoms with Gasteiger partial charge in [0.05, 0.1) is 17.5 Å². The van der Waals surface area contributed by atoms with Crippen molar-refractivity contribution in [2.24, 2.45) is 0 Å². The average Bonchev–Trinajstić information content (AvgIpc) is 2.43. The molecule has 0 saturated heterocycles. The molecule has 0 aliphatic rings. The van der Waals surface area contributed by atoms with Crippen LogP contribution < -0.4 is 11.0 Å². The minimum Gasteiger partial charge on any atom is -0.459 e. The van der Waals surface area contributed by atoms with Gasteiger partial charge in [-0.3, -0.25) is 9.59 Å². The number of hydrogen-bond acceptors (Lipinski definition) is 5. The van der Waals surface area contributed by atoms with Crippen molar-refractivity contribution in [1.29, 1.82) is 0 Å². The molecule has 2 aromatic rings. The summed E-state index contributed by atoms with van der Waals surface area (Å²) in [7, 11) is 0. The number of fused-ring (bicyclic) bond motifs is 1. The van der Waals surface area contributed by atoms with Gasteiger partial charge in [-0.25, -0.2) is 19.9 Å². The summed E-state index contributed by atoms with van der Waals surface area (Å²) in [5.74, 6) is -1.80. The van der Waals surface area contributed by atoms with E-state index in [1.165, 1.54) is 0 Å². The number of nitrogens with zero attached hydrogens (tertiary/aromatic N) is 2. The first-order chi connectivity index (χ1) is 9.54. The molecule has 0 spiro atoms. The molecule has 1 heterocycles. The van der Waals surface area contributed by atoms with Crippen molar-refractivity contribution >= 4 is 22.8 Å². The largest absolute Gasteiger partial charge is 0.459 e. The van der Waals surface area contributed by atoms with Crippen molar-refractivity contribution in [3.8, 4) is 0 Å². The Kier molecular flexibility index (Phi) is 3.79. The van der Waals surface area contributed by atoms with Crippen molar-refractivity contribution in [3.63, 3.8) is 0 Å². The highest BCUT2D eigenvalue weighted by Gasteiger charge is 2.17. The number of esters is 1. The summed E-state index contributed by atoms with van der Waals surface area (Å²) in [6, 6.07) is 6.74. The summed E-state index contributed by atoms with van der Waals surface area (Å²) in [4.78, 5) is 39.2. The van der Waals surface area contributed by atoms with Gasteiger partial charge in [0, 0.05) is 0 Å². The molecule has 0 bridgehead atoms. The molecule has 104 valence electrons. The molecule has 1 amide bonds. The Balaban J connectivity index is 2.42. The highest BCUT2D eigenvalue weighted by atomic mass is 16.5. The van der Waals surface area contributed by atoms with E-state index in [1.807, 2.05) is 0 Å². The molecule has 7 nitrogen and oxygen atoms in total. The third-order valence-electron chi connectivity index (χ3n) is 2.62. The molecule has 1 aromatic heterocycles. The molecular weight excluding hydrogens is 262 g/mol. The van der Waals surface area contributed by atoms with Gasteiger partial charge in [-0.05, 0) is 26.0 Å². The first kappa shape index (κ1) is 13.7. The summed E-state index contributed by atoms with van der Waals surface area (Å²) < 4.78 is 5.49. The maximum absolute atomic E-state index is 12.2. The van der Waals surface area contributed by atoms with Crippen LogP contribution in [0.15, 0.2) is 29.1 Å². The second kappa shape index (κ2) is 5.52. The second-order valence-corrected chi connectivity index (χ2v) is 3.98. The minimum absolute atomic E-state index is 0.0795. The zero-order valence-corrected chi connectivity index (χ0v) is 11.0. The molecular formula is C13H13N3O4. The average molecular weight is 275 g/mol. The molecule has 20 heavy (non-hydrogen) atoms. The Morgan fingerprint density at radius 1 is 1.35 bits per heavy atom. The Morgan fingerprint density at radius 3 is 2.75 bits per heavy atom. The van der Waals surface area contributed by atoms with Crippen molar-refractivity contribution in [2.45, 2.75) is 13.8 Å². The fraction of sp³-hybridized carbons (Fsp3) is 0.231. The molecule has 0 unspecified atom stereocenters. The van der Waals surface area contributed by atoms with E-state index < -0.39 is 17.4 Å². The summed E-state index contributed by atoms with van der Waals surface area (Å²) in [6.45, 7) is 3.22. The topological polar surface area (TPSA) is 90.3 Å². The summed E-state index contributed by atoms with van der Waals surface area (Å²) in [5.41, 5.74) is 2.26. The summed E-state index contributed by atoms with van der Waals surface area (Å²) >= 11 is 0. The fourth-order valence-electron chi connectivity index (χ4n) is 1.72. The molecule has 7 heteroatoms. The van der Waals surface area contributed by atoms with Crippen LogP contribution in [0, 0.1) is 6.92 Å². The monoisotopic (exact) mass is 275 g/mol. The number of carbonyl (C=O) groups excluding carboxylic acids is 2. The van der Waals surface area contributed by atoms with Gasteiger partial charge in [0.15, 0.2) is 0 Å². The van der Waals surface area contributed by atoms with Crippen LogP contribution in [-0.2, 0) is 14.3 Å². The molecule has 0 radical (unpaired) electrons. The number of aromatic nitrogens is 2. The third-order valence-corrected chi connectivity index (χ3v) is 2.62. The predicted octanol–water partition coefficient (Wildman–Crippen LogP) is 0.338. The number of aryl methyl sites for hydroxylation is 1. The van der Waals surface area contributed by atoms with Gasteiger partial charge in [0.2, 0.25) is 0 Å². The van der Waals surface area contributed by atoms with E-state index in [2.05, 4.69) is 15.1 Å². The van der Waals surface area contributed by atoms with Crippen molar-refractivity contribution in [1.82, 2.24) is 9.66 Å². The van der Waals surface area contributed by atoms with Gasteiger partial charge in [-0.1, -0.05) is 12.1 Å². The Bertz CT molecular complexity index is 736. The quantitative estimate of drug-likeness (QED) is 0.630. The molecule has 2 rings (SSSR count). The number of ether oxygens (including phenoxy) is 1. The number of amides is 1. The summed E-state index contributed by atoms with van der Waals surface area (Å²) in [6.07, 6.45) is 0. The van der Waals surface area contributed by atoms with E-state index in [0.717, 1.165) is 4.68 Å². The van der Waals surface area contributed by atoms with Crippen molar-refractivity contribution in [3.05, 3.63) is 40.4 Å². The standard InChI is InChI=1S/C13H13N3O4/c1-3-20-13(19)11(17)15-16-8(2)14-10-7-5-4-6-9(10)12(16)18/h4-7H,3H2,1-2H3,(H,15,17). The second-order valence-electron chi connectivity index (χ2n) is 3.98. The van der Waals surface area contributed by atoms with Gasteiger partial charge in [-0.2, -0.15) is 0 Å². The lowest BCUT2D eigenvalue weighted by Crippen LogP contribution is -2.39. The van der Waals surface area contributed by atoms with Crippen LogP contribution in [0.25, 0.3) is 10.9 Å².